The molecule has 0 saturated heterocycles. The van der Waals surface area contributed by atoms with Crippen molar-refractivity contribution in [3.05, 3.63) is 59.1 Å². The Morgan fingerprint density at radius 3 is 2.76 bits per heavy atom. The van der Waals surface area contributed by atoms with Gasteiger partial charge in [-0.05, 0) is 30.3 Å². The van der Waals surface area contributed by atoms with Crippen molar-refractivity contribution in [2.24, 2.45) is 5.73 Å². The molecule has 1 atom stereocenters. The van der Waals surface area contributed by atoms with E-state index in [4.69, 9.17) is 5.73 Å². The van der Waals surface area contributed by atoms with E-state index in [-0.39, 0.29) is 11.8 Å². The predicted octanol–water partition coefficient (Wildman–Crippen LogP) is 3.32. The van der Waals surface area contributed by atoms with E-state index in [2.05, 4.69) is 15.6 Å². The molecule has 0 aliphatic heterocycles. The molecule has 1 heterocycles. The summed E-state index contributed by atoms with van der Waals surface area (Å²) in [6.07, 6.45) is 0. The molecular formula is C18H18N4O2S. The number of hydrogen-bond acceptors (Lipinski definition) is 4. The Hall–Kier alpha value is -2.93. The van der Waals surface area contributed by atoms with Crippen LogP contribution in [0.15, 0.2) is 48.5 Å². The van der Waals surface area contributed by atoms with Crippen molar-refractivity contribution in [3.63, 3.8) is 0 Å². The normalized spacial score (nSPS) is 11.9. The summed E-state index contributed by atoms with van der Waals surface area (Å²) in [6, 6.07) is 13.9. The standard InChI is InChI=1S/C18H18N4O2S/c1-11(17-22-14-7-2-3-8-15(14)25-17)10-20-16(23)12-5-4-6-13(9-12)21-18(19)24/h2-9,11H,10H2,1H3,(H,20,23)(H3,19,21,24). The maximum atomic E-state index is 12.3. The Morgan fingerprint density at radius 2 is 2.00 bits per heavy atom. The zero-order chi connectivity index (χ0) is 17.8. The first-order chi connectivity index (χ1) is 12.0. The Morgan fingerprint density at radius 1 is 1.20 bits per heavy atom. The van der Waals surface area contributed by atoms with Gasteiger partial charge in [0.25, 0.3) is 5.91 Å². The van der Waals surface area contributed by atoms with Gasteiger partial charge in [-0.1, -0.05) is 25.1 Å². The van der Waals surface area contributed by atoms with Crippen LogP contribution in [0.4, 0.5) is 10.5 Å². The van der Waals surface area contributed by atoms with Crippen molar-refractivity contribution >= 4 is 39.2 Å². The van der Waals surface area contributed by atoms with E-state index >= 15 is 0 Å². The molecule has 0 bridgehead atoms. The number of rotatable bonds is 5. The second-order valence-corrected chi connectivity index (χ2v) is 6.76. The number of aromatic nitrogens is 1. The maximum Gasteiger partial charge on any atom is 0.316 e. The van der Waals surface area contributed by atoms with Crippen molar-refractivity contribution in [2.75, 3.05) is 11.9 Å². The number of urea groups is 1. The molecule has 3 aromatic rings. The molecule has 6 nitrogen and oxygen atoms in total. The van der Waals surface area contributed by atoms with Crippen LogP contribution in [0.5, 0.6) is 0 Å². The number of hydrogen-bond donors (Lipinski definition) is 3. The van der Waals surface area contributed by atoms with Crippen molar-refractivity contribution in [1.82, 2.24) is 10.3 Å². The summed E-state index contributed by atoms with van der Waals surface area (Å²) >= 11 is 1.64. The minimum Gasteiger partial charge on any atom is -0.351 e. The Labute approximate surface area is 149 Å². The van der Waals surface area contributed by atoms with Crippen molar-refractivity contribution in [1.29, 1.82) is 0 Å². The minimum absolute atomic E-state index is 0.105. The van der Waals surface area contributed by atoms with E-state index in [0.717, 1.165) is 15.2 Å². The van der Waals surface area contributed by atoms with E-state index in [1.54, 1.807) is 35.6 Å². The molecule has 3 rings (SSSR count). The number of carbonyl (C=O) groups is 2. The zero-order valence-electron chi connectivity index (χ0n) is 13.7. The van der Waals surface area contributed by atoms with Gasteiger partial charge in [-0.25, -0.2) is 9.78 Å². The lowest BCUT2D eigenvalue weighted by atomic mass is 10.1. The average molecular weight is 354 g/mol. The number of carbonyl (C=O) groups excluding carboxylic acids is 2. The zero-order valence-corrected chi connectivity index (χ0v) is 14.5. The lowest BCUT2D eigenvalue weighted by molar-refractivity contribution is 0.0951. The highest BCUT2D eigenvalue weighted by Gasteiger charge is 2.14. The number of nitrogens with one attached hydrogen (secondary N) is 2. The smallest absolute Gasteiger partial charge is 0.316 e. The van der Waals surface area contributed by atoms with Crippen LogP contribution in [-0.4, -0.2) is 23.5 Å². The van der Waals surface area contributed by atoms with E-state index in [0.29, 0.717) is 17.8 Å². The average Bonchev–Trinajstić information content (AvgIpc) is 3.03. The molecule has 4 N–H and O–H groups in total. The molecule has 0 aliphatic rings. The number of fused-ring (bicyclic) bond motifs is 1. The molecule has 0 radical (unpaired) electrons. The van der Waals surface area contributed by atoms with Crippen molar-refractivity contribution in [2.45, 2.75) is 12.8 Å². The fourth-order valence-electron chi connectivity index (χ4n) is 2.42. The first-order valence-electron chi connectivity index (χ1n) is 7.83. The van der Waals surface area contributed by atoms with E-state index in [9.17, 15) is 9.59 Å². The van der Waals surface area contributed by atoms with Crippen LogP contribution in [0.3, 0.4) is 0 Å². The van der Waals surface area contributed by atoms with Gasteiger partial charge in [-0.2, -0.15) is 0 Å². The highest BCUT2D eigenvalue weighted by atomic mass is 32.1. The molecule has 1 aromatic heterocycles. The lowest BCUT2D eigenvalue weighted by Crippen LogP contribution is -2.27. The quantitative estimate of drug-likeness (QED) is 0.655. The van der Waals surface area contributed by atoms with Crippen molar-refractivity contribution in [3.8, 4) is 0 Å². The number of thiazole rings is 1. The highest BCUT2D eigenvalue weighted by molar-refractivity contribution is 7.18. The third-order valence-corrected chi connectivity index (χ3v) is 4.96. The van der Waals surface area contributed by atoms with Gasteiger partial charge in [0.05, 0.1) is 15.2 Å². The summed E-state index contributed by atoms with van der Waals surface area (Å²) in [4.78, 5) is 27.8. The van der Waals surface area contributed by atoms with Gasteiger partial charge in [-0.3, -0.25) is 4.79 Å². The van der Waals surface area contributed by atoms with Crippen LogP contribution in [-0.2, 0) is 0 Å². The summed E-state index contributed by atoms with van der Waals surface area (Å²) in [5, 5.41) is 6.35. The molecule has 0 saturated carbocycles. The molecule has 2 aromatic carbocycles. The number of benzene rings is 2. The van der Waals surface area contributed by atoms with E-state index in [1.165, 1.54) is 0 Å². The van der Waals surface area contributed by atoms with E-state index < -0.39 is 6.03 Å². The molecular weight excluding hydrogens is 336 g/mol. The van der Waals surface area contributed by atoms with Crippen molar-refractivity contribution < 1.29 is 9.59 Å². The van der Waals surface area contributed by atoms with Gasteiger partial charge in [0.2, 0.25) is 0 Å². The molecule has 0 fully saturated rings. The number of primary amides is 1. The number of nitrogens with two attached hydrogens (primary N) is 1. The Balaban J connectivity index is 1.64. The van der Waals surface area contributed by atoms with Gasteiger partial charge < -0.3 is 16.4 Å². The number of anilines is 1. The molecule has 0 spiro atoms. The predicted molar refractivity (Wildman–Crippen MR) is 100 cm³/mol. The molecule has 0 aliphatic carbocycles. The third-order valence-electron chi connectivity index (χ3n) is 3.69. The fraction of sp³-hybridized carbons (Fsp3) is 0.167. The van der Waals surface area contributed by atoms with Crippen LogP contribution in [0.2, 0.25) is 0 Å². The van der Waals surface area contributed by atoms with Gasteiger partial charge in [0, 0.05) is 23.7 Å². The maximum absolute atomic E-state index is 12.3. The van der Waals surface area contributed by atoms with Gasteiger partial charge in [0.15, 0.2) is 0 Å². The Kier molecular flexibility index (Phi) is 4.95. The second kappa shape index (κ2) is 7.31. The SMILES string of the molecule is CC(CNC(=O)c1cccc(NC(N)=O)c1)c1nc2ccccc2s1. The summed E-state index contributed by atoms with van der Waals surface area (Å²) in [7, 11) is 0. The highest BCUT2D eigenvalue weighted by Crippen LogP contribution is 2.26. The first kappa shape index (κ1) is 16.9. The van der Waals surface area contributed by atoms with Crippen LogP contribution in [0, 0.1) is 0 Å². The summed E-state index contributed by atoms with van der Waals surface area (Å²) in [6.45, 7) is 2.51. The number of nitrogens with zero attached hydrogens (tertiary/aromatic N) is 1. The van der Waals surface area contributed by atoms with Gasteiger partial charge in [-0.15, -0.1) is 11.3 Å². The monoisotopic (exact) mass is 354 g/mol. The second-order valence-electron chi connectivity index (χ2n) is 5.70. The summed E-state index contributed by atoms with van der Waals surface area (Å²) in [5.74, 6) is -0.102. The van der Waals surface area contributed by atoms with Crippen LogP contribution in [0.25, 0.3) is 10.2 Å². The molecule has 3 amide bonds. The van der Waals surface area contributed by atoms with Gasteiger partial charge in [0.1, 0.15) is 0 Å². The lowest BCUT2D eigenvalue weighted by Gasteiger charge is -2.11. The molecule has 1 unspecified atom stereocenters. The van der Waals surface area contributed by atoms with Crippen LogP contribution in [0.1, 0.15) is 28.2 Å². The van der Waals surface area contributed by atoms with Gasteiger partial charge >= 0.3 is 6.03 Å². The fourth-order valence-corrected chi connectivity index (χ4v) is 3.44. The molecule has 128 valence electrons. The topological polar surface area (TPSA) is 97.1 Å². The van der Waals surface area contributed by atoms with Crippen LogP contribution >= 0.6 is 11.3 Å². The van der Waals surface area contributed by atoms with E-state index in [1.807, 2.05) is 31.2 Å². The molecule has 25 heavy (non-hydrogen) atoms. The summed E-state index contributed by atoms with van der Waals surface area (Å²) in [5.41, 5.74) is 7.01. The first-order valence-corrected chi connectivity index (χ1v) is 8.65. The summed E-state index contributed by atoms with van der Waals surface area (Å²) < 4.78 is 1.14. The largest absolute Gasteiger partial charge is 0.351 e. The number of amides is 3. The Bertz CT molecular complexity index is 889. The number of para-hydroxylation sites is 1. The third kappa shape index (κ3) is 4.13. The minimum atomic E-state index is -0.665. The molecule has 7 heteroatoms. The van der Waals surface area contributed by atoms with Crippen LogP contribution < -0.4 is 16.4 Å².